The number of nitrogens with one attached hydrogen (secondary N) is 1. The average Bonchev–Trinajstić information content (AvgIpc) is 2.22. The molecular weight excluding hydrogens is 192 g/mol. The van der Waals surface area contributed by atoms with Crippen molar-refractivity contribution in [1.29, 1.82) is 0 Å². The predicted molar refractivity (Wildman–Crippen MR) is 58.4 cm³/mol. The van der Waals surface area contributed by atoms with E-state index in [-0.39, 0.29) is 17.9 Å². The lowest BCUT2D eigenvalue weighted by atomic mass is 10.0. The zero-order valence-electron chi connectivity index (χ0n) is 9.96. The van der Waals surface area contributed by atoms with Gasteiger partial charge >= 0.3 is 6.03 Å². The molecule has 0 aromatic rings. The quantitative estimate of drug-likeness (QED) is 0.720. The molecule has 0 aromatic carbocycles. The van der Waals surface area contributed by atoms with Gasteiger partial charge in [-0.1, -0.05) is 13.3 Å². The zero-order chi connectivity index (χ0) is 11.6. The molecule has 4 heteroatoms. The van der Waals surface area contributed by atoms with Crippen LogP contribution in [-0.4, -0.2) is 28.9 Å². The van der Waals surface area contributed by atoms with Crippen LogP contribution >= 0.6 is 0 Å². The number of urea groups is 1. The fourth-order valence-electron chi connectivity index (χ4n) is 1.80. The highest BCUT2D eigenvalue weighted by Gasteiger charge is 2.35. The predicted octanol–water partition coefficient (Wildman–Crippen LogP) is 1.75. The van der Waals surface area contributed by atoms with Crippen LogP contribution in [0.2, 0.25) is 0 Å². The minimum atomic E-state index is -0.441. The third-order valence-electron chi connectivity index (χ3n) is 2.71. The number of nitrogens with zero attached hydrogens (tertiary/aromatic N) is 1. The van der Waals surface area contributed by atoms with Gasteiger partial charge in [0, 0.05) is 18.5 Å². The van der Waals surface area contributed by atoms with E-state index in [0.717, 1.165) is 6.42 Å². The lowest BCUT2D eigenvalue weighted by molar-refractivity contribution is -0.132. The van der Waals surface area contributed by atoms with Crippen molar-refractivity contribution in [3.05, 3.63) is 0 Å². The second-order valence-corrected chi connectivity index (χ2v) is 5.06. The summed E-state index contributed by atoms with van der Waals surface area (Å²) in [5, 5.41) is 2.80. The molecule has 1 fully saturated rings. The summed E-state index contributed by atoms with van der Waals surface area (Å²) < 4.78 is 0. The molecule has 0 radical (unpaired) electrons. The molecule has 86 valence electrons. The molecular formula is C11H20N2O2. The lowest BCUT2D eigenvalue weighted by Crippen LogP contribution is -2.51. The highest BCUT2D eigenvalue weighted by molar-refractivity contribution is 5.96. The van der Waals surface area contributed by atoms with E-state index in [1.165, 1.54) is 4.90 Å². The van der Waals surface area contributed by atoms with Crippen molar-refractivity contribution in [3.63, 3.8) is 0 Å². The van der Waals surface area contributed by atoms with Crippen molar-refractivity contribution >= 4 is 11.9 Å². The van der Waals surface area contributed by atoms with Crippen molar-refractivity contribution in [2.75, 3.05) is 6.54 Å². The number of carbonyl (C=O) groups excluding carboxylic acids is 2. The number of rotatable bonds is 1. The van der Waals surface area contributed by atoms with Gasteiger partial charge in [-0.15, -0.1) is 0 Å². The smallest absolute Gasteiger partial charge is 0.324 e. The maximum absolute atomic E-state index is 11.9. The van der Waals surface area contributed by atoms with Crippen molar-refractivity contribution in [2.45, 2.75) is 46.1 Å². The van der Waals surface area contributed by atoms with Gasteiger partial charge < -0.3 is 5.32 Å². The molecule has 15 heavy (non-hydrogen) atoms. The minimum Gasteiger partial charge on any atom is -0.337 e. The molecule has 1 saturated heterocycles. The van der Waals surface area contributed by atoms with E-state index in [9.17, 15) is 9.59 Å². The molecule has 1 unspecified atom stereocenters. The van der Waals surface area contributed by atoms with E-state index in [1.54, 1.807) is 0 Å². The fourth-order valence-corrected chi connectivity index (χ4v) is 1.80. The first-order chi connectivity index (χ1) is 6.86. The Morgan fingerprint density at radius 1 is 1.40 bits per heavy atom. The van der Waals surface area contributed by atoms with E-state index < -0.39 is 5.54 Å². The Hall–Kier alpha value is -1.06. The topological polar surface area (TPSA) is 49.4 Å². The number of hydrogen-bond donors (Lipinski definition) is 1. The first kappa shape index (κ1) is 12.0. The molecule has 1 N–H and O–H groups in total. The SMILES string of the molecule is CCC1CNC(=O)N(C(C)(C)C)C(=O)C1. The summed E-state index contributed by atoms with van der Waals surface area (Å²) in [5.41, 5.74) is -0.441. The number of amides is 3. The van der Waals surface area contributed by atoms with Crippen molar-refractivity contribution < 1.29 is 9.59 Å². The molecule has 4 nitrogen and oxygen atoms in total. The minimum absolute atomic E-state index is 0.0654. The van der Waals surface area contributed by atoms with E-state index in [4.69, 9.17) is 0 Å². The normalized spacial score (nSPS) is 23.7. The number of carbonyl (C=O) groups is 2. The molecule has 1 aliphatic rings. The summed E-state index contributed by atoms with van der Waals surface area (Å²) in [6.45, 7) is 8.26. The van der Waals surface area contributed by atoms with Crippen LogP contribution in [0.5, 0.6) is 0 Å². The van der Waals surface area contributed by atoms with E-state index >= 15 is 0 Å². The van der Waals surface area contributed by atoms with Gasteiger partial charge in [0.25, 0.3) is 0 Å². The molecule has 1 atom stereocenters. The van der Waals surface area contributed by atoms with Crippen LogP contribution in [0.25, 0.3) is 0 Å². The molecule has 1 rings (SSSR count). The van der Waals surface area contributed by atoms with Crippen LogP contribution in [0.3, 0.4) is 0 Å². The highest BCUT2D eigenvalue weighted by atomic mass is 16.2. The zero-order valence-corrected chi connectivity index (χ0v) is 9.96. The largest absolute Gasteiger partial charge is 0.337 e. The van der Waals surface area contributed by atoms with Crippen molar-refractivity contribution in [2.24, 2.45) is 5.92 Å². The Balaban J connectivity index is 2.87. The highest BCUT2D eigenvalue weighted by Crippen LogP contribution is 2.20. The summed E-state index contributed by atoms with van der Waals surface area (Å²) in [4.78, 5) is 25.0. The molecule has 0 aromatic heterocycles. The van der Waals surface area contributed by atoms with Crippen LogP contribution in [0.15, 0.2) is 0 Å². The van der Waals surface area contributed by atoms with Gasteiger partial charge in [-0.3, -0.25) is 9.69 Å². The average molecular weight is 212 g/mol. The molecule has 1 heterocycles. The van der Waals surface area contributed by atoms with E-state index in [0.29, 0.717) is 13.0 Å². The van der Waals surface area contributed by atoms with Gasteiger partial charge in [0.1, 0.15) is 0 Å². The van der Waals surface area contributed by atoms with Gasteiger partial charge in [0.15, 0.2) is 0 Å². The van der Waals surface area contributed by atoms with Crippen LogP contribution in [0, 0.1) is 5.92 Å². The fraction of sp³-hybridized carbons (Fsp3) is 0.818. The van der Waals surface area contributed by atoms with Crippen molar-refractivity contribution in [1.82, 2.24) is 10.2 Å². The second kappa shape index (κ2) is 4.21. The molecule has 3 amide bonds. The van der Waals surface area contributed by atoms with Crippen LogP contribution in [0.1, 0.15) is 40.5 Å². The van der Waals surface area contributed by atoms with E-state index in [1.807, 2.05) is 27.7 Å². The Labute approximate surface area is 91.0 Å². The van der Waals surface area contributed by atoms with Crippen LogP contribution in [0.4, 0.5) is 4.79 Å². The van der Waals surface area contributed by atoms with Crippen molar-refractivity contribution in [3.8, 4) is 0 Å². The van der Waals surface area contributed by atoms with E-state index in [2.05, 4.69) is 5.32 Å². The van der Waals surface area contributed by atoms with Gasteiger partial charge in [0.05, 0.1) is 0 Å². The summed E-state index contributed by atoms with van der Waals surface area (Å²) in [7, 11) is 0. The Bertz CT molecular complexity index is 268. The third kappa shape index (κ3) is 2.70. The van der Waals surface area contributed by atoms with Gasteiger partial charge in [-0.2, -0.15) is 0 Å². The Kier molecular flexibility index (Phi) is 3.37. The number of hydrogen-bond acceptors (Lipinski definition) is 2. The number of imide groups is 1. The first-order valence-corrected chi connectivity index (χ1v) is 5.47. The molecule has 1 aliphatic heterocycles. The summed E-state index contributed by atoms with van der Waals surface area (Å²) in [6, 6.07) is -0.261. The monoisotopic (exact) mass is 212 g/mol. The standard InChI is InChI=1S/C11H20N2O2/c1-5-8-6-9(14)13(11(2,3)4)10(15)12-7-8/h8H,5-7H2,1-4H3,(H,12,15). The molecule has 0 spiro atoms. The molecule has 0 bridgehead atoms. The van der Waals surface area contributed by atoms with Gasteiger partial charge in [-0.25, -0.2) is 4.79 Å². The summed E-state index contributed by atoms with van der Waals surface area (Å²) >= 11 is 0. The maximum Gasteiger partial charge on any atom is 0.324 e. The molecule has 0 aliphatic carbocycles. The van der Waals surface area contributed by atoms with Crippen LogP contribution < -0.4 is 5.32 Å². The summed E-state index contributed by atoms with van der Waals surface area (Å²) in [6.07, 6.45) is 1.39. The van der Waals surface area contributed by atoms with Gasteiger partial charge in [0.2, 0.25) is 5.91 Å². The third-order valence-corrected chi connectivity index (χ3v) is 2.71. The Morgan fingerprint density at radius 2 is 2.00 bits per heavy atom. The molecule has 0 saturated carbocycles. The first-order valence-electron chi connectivity index (χ1n) is 5.47. The lowest BCUT2D eigenvalue weighted by Gasteiger charge is -2.32. The maximum atomic E-state index is 11.9. The van der Waals surface area contributed by atoms with Crippen LogP contribution in [-0.2, 0) is 4.79 Å². The Morgan fingerprint density at radius 3 is 2.47 bits per heavy atom. The van der Waals surface area contributed by atoms with Gasteiger partial charge in [-0.05, 0) is 26.7 Å². The second-order valence-electron chi connectivity index (χ2n) is 5.06. The summed E-state index contributed by atoms with van der Waals surface area (Å²) in [5.74, 6) is 0.207.